The lowest BCUT2D eigenvalue weighted by Gasteiger charge is -2.11. The molecule has 0 heterocycles. The Balaban J connectivity index is 2.01. The average molecular weight is 330 g/mol. The highest BCUT2D eigenvalue weighted by molar-refractivity contribution is 5.90. The molecule has 0 bridgehead atoms. The standard InChI is InChI=1S/C18H18O6/c1-12-5-4-6-14(9-12)23-11-17(19)24-15-8-7-13(18(20)22-3)10-16(15)21-2/h4-10H,11H2,1-3H3. The van der Waals surface area contributed by atoms with E-state index in [0.29, 0.717) is 11.3 Å². The number of esters is 2. The van der Waals surface area contributed by atoms with Crippen LogP contribution in [0.5, 0.6) is 17.2 Å². The lowest BCUT2D eigenvalue weighted by Crippen LogP contribution is -2.18. The Morgan fingerprint density at radius 3 is 2.46 bits per heavy atom. The van der Waals surface area contributed by atoms with E-state index in [1.807, 2.05) is 25.1 Å². The number of methoxy groups -OCH3 is 2. The van der Waals surface area contributed by atoms with Crippen molar-refractivity contribution in [2.75, 3.05) is 20.8 Å². The Hall–Kier alpha value is -3.02. The van der Waals surface area contributed by atoms with E-state index >= 15 is 0 Å². The van der Waals surface area contributed by atoms with E-state index in [2.05, 4.69) is 4.74 Å². The van der Waals surface area contributed by atoms with Gasteiger partial charge in [-0.1, -0.05) is 12.1 Å². The van der Waals surface area contributed by atoms with E-state index in [-0.39, 0.29) is 18.1 Å². The molecule has 0 saturated carbocycles. The second-order valence-corrected chi connectivity index (χ2v) is 4.94. The van der Waals surface area contributed by atoms with Gasteiger partial charge in [0.2, 0.25) is 0 Å². The second kappa shape index (κ2) is 8.01. The number of carbonyl (C=O) groups excluding carboxylic acids is 2. The van der Waals surface area contributed by atoms with Crippen molar-refractivity contribution in [1.82, 2.24) is 0 Å². The van der Waals surface area contributed by atoms with Gasteiger partial charge < -0.3 is 18.9 Å². The Morgan fingerprint density at radius 2 is 1.79 bits per heavy atom. The quantitative estimate of drug-likeness (QED) is 0.599. The van der Waals surface area contributed by atoms with Crippen molar-refractivity contribution >= 4 is 11.9 Å². The Morgan fingerprint density at radius 1 is 1.00 bits per heavy atom. The molecule has 0 spiro atoms. The summed E-state index contributed by atoms with van der Waals surface area (Å²) in [6.07, 6.45) is 0. The molecule has 0 aliphatic carbocycles. The van der Waals surface area contributed by atoms with Gasteiger partial charge in [0.05, 0.1) is 19.8 Å². The van der Waals surface area contributed by atoms with E-state index in [1.165, 1.54) is 32.4 Å². The minimum absolute atomic E-state index is 0.197. The molecule has 0 aliphatic heterocycles. The largest absolute Gasteiger partial charge is 0.493 e. The van der Waals surface area contributed by atoms with Crippen LogP contribution in [0, 0.1) is 6.92 Å². The number of rotatable bonds is 6. The molecule has 0 unspecified atom stereocenters. The first-order valence-electron chi connectivity index (χ1n) is 7.20. The topological polar surface area (TPSA) is 71.1 Å². The van der Waals surface area contributed by atoms with Crippen LogP contribution in [0.25, 0.3) is 0 Å². The predicted octanol–water partition coefficient (Wildman–Crippen LogP) is 2.77. The van der Waals surface area contributed by atoms with Crippen molar-refractivity contribution in [1.29, 1.82) is 0 Å². The molecule has 0 amide bonds. The van der Waals surface area contributed by atoms with Crippen LogP contribution in [0.3, 0.4) is 0 Å². The Labute approximate surface area is 139 Å². The van der Waals surface area contributed by atoms with Crippen molar-refractivity contribution in [3.8, 4) is 17.2 Å². The summed E-state index contributed by atoms with van der Waals surface area (Å²) in [5.74, 6) is -0.0562. The van der Waals surface area contributed by atoms with Crippen molar-refractivity contribution < 1.29 is 28.5 Å². The third-order valence-electron chi connectivity index (χ3n) is 3.15. The molecule has 126 valence electrons. The van der Waals surface area contributed by atoms with Crippen molar-refractivity contribution in [3.63, 3.8) is 0 Å². The molecular formula is C18H18O6. The van der Waals surface area contributed by atoms with Gasteiger partial charge in [-0.15, -0.1) is 0 Å². The number of carbonyl (C=O) groups is 2. The van der Waals surface area contributed by atoms with Crippen molar-refractivity contribution in [3.05, 3.63) is 53.6 Å². The second-order valence-electron chi connectivity index (χ2n) is 4.94. The summed E-state index contributed by atoms with van der Waals surface area (Å²) in [4.78, 5) is 23.4. The summed E-state index contributed by atoms with van der Waals surface area (Å²) in [6, 6.07) is 11.7. The summed E-state index contributed by atoms with van der Waals surface area (Å²) in [5.41, 5.74) is 1.33. The number of benzene rings is 2. The van der Waals surface area contributed by atoms with E-state index in [9.17, 15) is 9.59 Å². The van der Waals surface area contributed by atoms with Crippen LogP contribution < -0.4 is 14.2 Å². The molecule has 0 saturated heterocycles. The third-order valence-corrected chi connectivity index (χ3v) is 3.15. The van der Waals surface area contributed by atoms with Gasteiger partial charge in [-0.05, 0) is 42.8 Å². The molecular weight excluding hydrogens is 312 g/mol. The highest BCUT2D eigenvalue weighted by Crippen LogP contribution is 2.28. The molecule has 0 fully saturated rings. The van der Waals surface area contributed by atoms with Crippen LogP contribution in [-0.4, -0.2) is 32.8 Å². The van der Waals surface area contributed by atoms with Crippen LogP contribution in [0.2, 0.25) is 0 Å². The van der Waals surface area contributed by atoms with Gasteiger partial charge in [-0.2, -0.15) is 0 Å². The summed E-state index contributed by atoms with van der Waals surface area (Å²) in [7, 11) is 2.70. The number of hydrogen-bond acceptors (Lipinski definition) is 6. The van der Waals surface area contributed by atoms with Gasteiger partial charge in [0.1, 0.15) is 5.75 Å². The maximum Gasteiger partial charge on any atom is 0.349 e. The van der Waals surface area contributed by atoms with E-state index in [0.717, 1.165) is 5.56 Å². The zero-order chi connectivity index (χ0) is 17.5. The zero-order valence-electron chi connectivity index (χ0n) is 13.7. The molecule has 6 heteroatoms. The average Bonchev–Trinajstić information content (AvgIpc) is 2.59. The molecule has 2 aromatic carbocycles. The maximum atomic E-state index is 11.9. The van der Waals surface area contributed by atoms with E-state index in [1.54, 1.807) is 6.07 Å². The van der Waals surface area contributed by atoms with Crippen LogP contribution in [0.4, 0.5) is 0 Å². The fourth-order valence-corrected chi connectivity index (χ4v) is 2.00. The molecule has 6 nitrogen and oxygen atoms in total. The number of aryl methyl sites for hydroxylation is 1. The van der Waals surface area contributed by atoms with Gasteiger partial charge in [0, 0.05) is 0 Å². The highest BCUT2D eigenvalue weighted by Gasteiger charge is 2.14. The monoisotopic (exact) mass is 330 g/mol. The fraction of sp³-hybridized carbons (Fsp3) is 0.222. The highest BCUT2D eigenvalue weighted by atomic mass is 16.6. The van der Waals surface area contributed by atoms with E-state index in [4.69, 9.17) is 14.2 Å². The number of ether oxygens (including phenoxy) is 4. The first kappa shape index (κ1) is 17.3. The van der Waals surface area contributed by atoms with Gasteiger partial charge in [0.15, 0.2) is 18.1 Å². The van der Waals surface area contributed by atoms with Gasteiger partial charge >= 0.3 is 11.9 Å². The van der Waals surface area contributed by atoms with Crippen LogP contribution in [-0.2, 0) is 9.53 Å². The van der Waals surface area contributed by atoms with Crippen molar-refractivity contribution in [2.45, 2.75) is 6.92 Å². The van der Waals surface area contributed by atoms with E-state index < -0.39 is 11.9 Å². The summed E-state index contributed by atoms with van der Waals surface area (Å²) < 4.78 is 20.4. The normalized spacial score (nSPS) is 9.96. The van der Waals surface area contributed by atoms with Gasteiger partial charge in [-0.3, -0.25) is 0 Å². The van der Waals surface area contributed by atoms with Crippen LogP contribution >= 0.6 is 0 Å². The molecule has 24 heavy (non-hydrogen) atoms. The third kappa shape index (κ3) is 4.49. The van der Waals surface area contributed by atoms with Gasteiger partial charge in [-0.25, -0.2) is 9.59 Å². The molecule has 0 radical (unpaired) electrons. The molecule has 2 aromatic rings. The maximum absolute atomic E-state index is 11.9. The molecule has 0 atom stereocenters. The number of hydrogen-bond donors (Lipinski definition) is 0. The fourth-order valence-electron chi connectivity index (χ4n) is 2.00. The SMILES string of the molecule is COC(=O)c1ccc(OC(=O)COc2cccc(C)c2)c(OC)c1. The minimum Gasteiger partial charge on any atom is -0.493 e. The lowest BCUT2D eigenvalue weighted by atomic mass is 10.2. The van der Waals surface area contributed by atoms with Crippen LogP contribution in [0.15, 0.2) is 42.5 Å². The Kier molecular flexibility index (Phi) is 5.78. The Bertz CT molecular complexity index is 738. The summed E-state index contributed by atoms with van der Waals surface area (Å²) in [6.45, 7) is 1.68. The first-order chi connectivity index (χ1) is 11.5. The molecule has 2 rings (SSSR count). The van der Waals surface area contributed by atoms with Crippen molar-refractivity contribution in [2.24, 2.45) is 0 Å². The first-order valence-corrected chi connectivity index (χ1v) is 7.20. The molecule has 0 aromatic heterocycles. The lowest BCUT2D eigenvalue weighted by molar-refractivity contribution is -0.136. The zero-order valence-corrected chi connectivity index (χ0v) is 13.7. The molecule has 0 aliphatic rings. The molecule has 0 N–H and O–H groups in total. The smallest absolute Gasteiger partial charge is 0.349 e. The summed E-state index contributed by atoms with van der Waals surface area (Å²) in [5, 5.41) is 0. The van der Waals surface area contributed by atoms with Crippen LogP contribution in [0.1, 0.15) is 15.9 Å². The summed E-state index contributed by atoms with van der Waals surface area (Å²) >= 11 is 0. The van der Waals surface area contributed by atoms with Gasteiger partial charge in [0.25, 0.3) is 0 Å². The minimum atomic E-state index is -0.583. The predicted molar refractivity (Wildman–Crippen MR) is 86.6 cm³/mol.